The summed E-state index contributed by atoms with van der Waals surface area (Å²) in [7, 11) is 1.29. The zero-order valence-corrected chi connectivity index (χ0v) is 24.1. The molecule has 0 bridgehead atoms. The first-order valence-electron chi connectivity index (χ1n) is 14.3. The van der Waals surface area contributed by atoms with E-state index < -0.39 is 17.8 Å². The lowest BCUT2D eigenvalue weighted by Gasteiger charge is -2.49. The van der Waals surface area contributed by atoms with Crippen LogP contribution in [-0.4, -0.2) is 81.0 Å². The summed E-state index contributed by atoms with van der Waals surface area (Å²) in [6.07, 6.45) is 4.11. The smallest absolute Gasteiger partial charge is 0.337 e. The lowest BCUT2D eigenvalue weighted by Crippen LogP contribution is -2.55. The predicted molar refractivity (Wildman–Crippen MR) is 154 cm³/mol. The van der Waals surface area contributed by atoms with Crippen molar-refractivity contribution in [2.24, 2.45) is 5.41 Å². The van der Waals surface area contributed by atoms with Gasteiger partial charge in [-0.3, -0.25) is 25.3 Å². The number of nitrogens with one attached hydrogen (secondary N) is 2. The Kier molecular flexibility index (Phi) is 8.63. The van der Waals surface area contributed by atoms with Gasteiger partial charge in [0.05, 0.1) is 25.9 Å². The highest BCUT2D eigenvalue weighted by atomic mass is 16.7. The molecule has 2 saturated heterocycles. The molecule has 3 fully saturated rings. The molecule has 220 valence electrons. The maximum Gasteiger partial charge on any atom is 0.337 e. The second-order valence-corrected chi connectivity index (χ2v) is 11.9. The SMILES string of the molecule is COC(=O)c1ccc(C(=O)NNC(=O)c2ccc(N3CCN(C4CCC5(CC4)OCC(C)(C)CO5)CC3)cc2)cc1. The molecule has 3 aliphatic rings. The highest BCUT2D eigenvalue weighted by Crippen LogP contribution is 2.40. The van der Waals surface area contributed by atoms with E-state index >= 15 is 0 Å². The summed E-state index contributed by atoms with van der Waals surface area (Å²) < 4.78 is 17.1. The number of rotatable bonds is 5. The molecule has 2 amide bonds. The summed E-state index contributed by atoms with van der Waals surface area (Å²) in [5.41, 5.74) is 7.11. The van der Waals surface area contributed by atoms with Crippen LogP contribution in [0, 0.1) is 5.41 Å². The molecule has 2 aromatic carbocycles. The number of hydrazine groups is 1. The van der Waals surface area contributed by atoms with Crippen molar-refractivity contribution >= 4 is 23.5 Å². The lowest BCUT2D eigenvalue weighted by molar-refractivity contribution is -0.312. The predicted octanol–water partition coefficient (Wildman–Crippen LogP) is 3.38. The van der Waals surface area contributed by atoms with Crippen LogP contribution in [0.1, 0.15) is 70.6 Å². The number of esters is 1. The molecule has 0 aromatic heterocycles. The maximum atomic E-state index is 12.6. The van der Waals surface area contributed by atoms with Gasteiger partial charge in [-0.25, -0.2) is 4.79 Å². The number of piperazine rings is 1. The van der Waals surface area contributed by atoms with Gasteiger partial charge in [0.2, 0.25) is 0 Å². The zero-order chi connectivity index (χ0) is 29.0. The Morgan fingerprint density at radius 2 is 1.27 bits per heavy atom. The normalized spacial score (nSPS) is 20.8. The molecule has 10 nitrogen and oxygen atoms in total. The van der Waals surface area contributed by atoms with Gasteiger partial charge in [-0.1, -0.05) is 13.8 Å². The van der Waals surface area contributed by atoms with E-state index in [9.17, 15) is 14.4 Å². The largest absolute Gasteiger partial charge is 0.465 e. The van der Waals surface area contributed by atoms with Crippen LogP contribution >= 0.6 is 0 Å². The van der Waals surface area contributed by atoms with Gasteiger partial charge in [-0.15, -0.1) is 0 Å². The van der Waals surface area contributed by atoms with Crippen LogP contribution in [0.5, 0.6) is 0 Å². The fourth-order valence-electron chi connectivity index (χ4n) is 5.74. The Morgan fingerprint density at radius 3 is 1.78 bits per heavy atom. The van der Waals surface area contributed by atoms with Gasteiger partial charge in [0, 0.05) is 67.3 Å². The van der Waals surface area contributed by atoms with E-state index in [0.29, 0.717) is 22.7 Å². The van der Waals surface area contributed by atoms with E-state index in [1.807, 2.05) is 12.1 Å². The number of anilines is 1. The molecule has 1 spiro atoms. The number of benzene rings is 2. The fourth-order valence-corrected chi connectivity index (χ4v) is 5.74. The molecule has 0 atom stereocenters. The molecule has 2 N–H and O–H groups in total. The summed E-state index contributed by atoms with van der Waals surface area (Å²) in [5.74, 6) is -1.75. The third-order valence-corrected chi connectivity index (χ3v) is 8.35. The molecular weight excluding hydrogens is 524 g/mol. The Hall–Kier alpha value is -3.47. The van der Waals surface area contributed by atoms with Crippen molar-refractivity contribution in [3.63, 3.8) is 0 Å². The average Bonchev–Trinajstić information content (AvgIpc) is 3.01. The Labute approximate surface area is 241 Å². The Bertz CT molecular complexity index is 1220. The minimum absolute atomic E-state index is 0.0958. The van der Waals surface area contributed by atoms with Crippen molar-refractivity contribution in [2.45, 2.75) is 51.4 Å². The van der Waals surface area contributed by atoms with Gasteiger partial charge in [-0.05, 0) is 61.4 Å². The number of ether oxygens (including phenoxy) is 3. The fraction of sp³-hybridized carbons (Fsp3) is 0.516. The minimum atomic E-state index is -0.486. The Balaban J connectivity index is 1.05. The average molecular weight is 565 g/mol. The van der Waals surface area contributed by atoms with Gasteiger partial charge >= 0.3 is 5.97 Å². The monoisotopic (exact) mass is 564 g/mol. The standard InChI is InChI=1S/C31H40N4O6/c1-30(2)20-40-31(41-21-30)14-12-26(13-15-31)35-18-16-34(17-19-35)25-10-8-23(9-11-25)28(37)33-32-27(36)22-4-6-24(7-5-22)29(38)39-3/h4-11,26H,12-21H2,1-3H3,(H,32,36)(H,33,37). The summed E-state index contributed by atoms with van der Waals surface area (Å²) in [5, 5.41) is 0. The van der Waals surface area contributed by atoms with Gasteiger partial charge in [0.15, 0.2) is 5.79 Å². The van der Waals surface area contributed by atoms with Crippen molar-refractivity contribution in [2.75, 3.05) is 51.4 Å². The molecular formula is C31H40N4O6. The van der Waals surface area contributed by atoms with Gasteiger partial charge in [0.25, 0.3) is 11.8 Å². The molecule has 2 aliphatic heterocycles. The molecule has 2 aromatic rings. The number of nitrogens with zero attached hydrogens (tertiary/aromatic N) is 2. The van der Waals surface area contributed by atoms with Crippen LogP contribution < -0.4 is 15.8 Å². The summed E-state index contributed by atoms with van der Waals surface area (Å²) in [4.78, 5) is 41.4. The lowest BCUT2D eigenvalue weighted by atomic mass is 9.86. The van der Waals surface area contributed by atoms with E-state index in [2.05, 4.69) is 39.2 Å². The van der Waals surface area contributed by atoms with Crippen molar-refractivity contribution < 1.29 is 28.6 Å². The summed E-state index contributed by atoms with van der Waals surface area (Å²) in [6, 6.07) is 14.0. The van der Waals surface area contributed by atoms with Crippen LogP contribution in [-0.2, 0) is 14.2 Å². The van der Waals surface area contributed by atoms with E-state index in [0.717, 1.165) is 70.8 Å². The topological polar surface area (TPSA) is 109 Å². The quantitative estimate of drug-likeness (QED) is 0.420. The minimum Gasteiger partial charge on any atom is -0.465 e. The van der Waals surface area contributed by atoms with Crippen LogP contribution in [0.3, 0.4) is 0 Å². The molecule has 41 heavy (non-hydrogen) atoms. The summed E-state index contributed by atoms with van der Waals surface area (Å²) in [6.45, 7) is 9.76. The molecule has 1 aliphatic carbocycles. The van der Waals surface area contributed by atoms with Crippen molar-refractivity contribution in [1.82, 2.24) is 15.8 Å². The first-order valence-corrected chi connectivity index (χ1v) is 14.3. The highest BCUT2D eigenvalue weighted by molar-refractivity contribution is 5.99. The second-order valence-electron chi connectivity index (χ2n) is 11.9. The first kappa shape index (κ1) is 29.0. The molecule has 0 unspecified atom stereocenters. The number of hydrogen-bond donors (Lipinski definition) is 2. The Morgan fingerprint density at radius 1 is 0.780 bits per heavy atom. The van der Waals surface area contributed by atoms with E-state index in [1.165, 1.54) is 31.4 Å². The third-order valence-electron chi connectivity index (χ3n) is 8.35. The molecule has 0 radical (unpaired) electrons. The molecule has 2 heterocycles. The number of carbonyl (C=O) groups excluding carboxylic acids is 3. The van der Waals surface area contributed by atoms with Crippen LogP contribution in [0.25, 0.3) is 0 Å². The molecule has 1 saturated carbocycles. The molecule has 5 rings (SSSR count). The van der Waals surface area contributed by atoms with Crippen LogP contribution in [0.4, 0.5) is 5.69 Å². The van der Waals surface area contributed by atoms with Gasteiger partial charge < -0.3 is 19.1 Å². The van der Waals surface area contributed by atoms with Crippen LogP contribution in [0.2, 0.25) is 0 Å². The van der Waals surface area contributed by atoms with E-state index in [1.54, 1.807) is 12.1 Å². The number of amides is 2. The van der Waals surface area contributed by atoms with Crippen molar-refractivity contribution in [1.29, 1.82) is 0 Å². The van der Waals surface area contributed by atoms with E-state index in [-0.39, 0.29) is 11.2 Å². The highest BCUT2D eigenvalue weighted by Gasteiger charge is 2.44. The number of methoxy groups -OCH3 is 1. The molecule has 10 heteroatoms. The maximum absolute atomic E-state index is 12.6. The number of carbonyl (C=O) groups is 3. The van der Waals surface area contributed by atoms with Gasteiger partial charge in [0.1, 0.15) is 0 Å². The zero-order valence-electron chi connectivity index (χ0n) is 24.1. The van der Waals surface area contributed by atoms with Crippen molar-refractivity contribution in [3.8, 4) is 0 Å². The third kappa shape index (κ3) is 6.89. The van der Waals surface area contributed by atoms with Crippen LogP contribution in [0.15, 0.2) is 48.5 Å². The van der Waals surface area contributed by atoms with Gasteiger partial charge in [-0.2, -0.15) is 0 Å². The van der Waals surface area contributed by atoms with E-state index in [4.69, 9.17) is 9.47 Å². The first-order chi connectivity index (χ1) is 19.7. The van der Waals surface area contributed by atoms with Crippen molar-refractivity contribution in [3.05, 3.63) is 65.2 Å². The summed E-state index contributed by atoms with van der Waals surface area (Å²) >= 11 is 0. The second kappa shape index (κ2) is 12.2. The number of hydrogen-bond acceptors (Lipinski definition) is 8.